The van der Waals surface area contributed by atoms with E-state index in [0.717, 1.165) is 66.3 Å². The van der Waals surface area contributed by atoms with E-state index >= 15 is 0 Å². The maximum Gasteiger partial charge on any atom is 0.167 e. The number of methoxy groups -OCH3 is 1. The Morgan fingerprint density at radius 1 is 1.22 bits per heavy atom. The molecule has 0 saturated carbocycles. The summed E-state index contributed by atoms with van der Waals surface area (Å²) in [5.41, 5.74) is 5.32. The second-order valence-electron chi connectivity index (χ2n) is 9.02. The van der Waals surface area contributed by atoms with Gasteiger partial charge >= 0.3 is 0 Å². The Morgan fingerprint density at radius 2 is 2.06 bits per heavy atom. The first-order valence-corrected chi connectivity index (χ1v) is 11.5. The minimum Gasteiger partial charge on any atom is -0.493 e. The van der Waals surface area contributed by atoms with Crippen molar-refractivity contribution in [2.24, 2.45) is 0 Å². The van der Waals surface area contributed by atoms with E-state index in [-0.39, 0.29) is 0 Å². The quantitative estimate of drug-likeness (QED) is 0.394. The maximum absolute atomic E-state index is 6.02. The molecular weight excluding hydrogens is 400 g/mol. The number of benzene rings is 2. The fourth-order valence-electron chi connectivity index (χ4n) is 4.66. The molecule has 5 nitrogen and oxygen atoms in total. The van der Waals surface area contributed by atoms with Crippen LogP contribution in [0.15, 0.2) is 47.5 Å². The highest BCUT2D eigenvalue weighted by Gasteiger charge is 2.29. The highest BCUT2D eigenvalue weighted by molar-refractivity contribution is 5.80. The molecule has 0 radical (unpaired) electrons. The topological polar surface area (TPSA) is 47.7 Å². The van der Waals surface area contributed by atoms with E-state index in [4.69, 9.17) is 14.0 Å². The van der Waals surface area contributed by atoms with Gasteiger partial charge in [0.05, 0.1) is 19.4 Å². The summed E-state index contributed by atoms with van der Waals surface area (Å²) in [6.45, 7) is 13.2. The van der Waals surface area contributed by atoms with Crippen molar-refractivity contribution in [1.29, 1.82) is 0 Å². The van der Waals surface area contributed by atoms with E-state index < -0.39 is 0 Å². The first-order chi connectivity index (χ1) is 15.5. The molecule has 0 spiro atoms. The molecule has 0 bridgehead atoms. The number of piperidine rings is 1. The monoisotopic (exact) mass is 434 g/mol. The Labute approximate surface area is 191 Å². The molecule has 0 aliphatic carbocycles. The van der Waals surface area contributed by atoms with Gasteiger partial charge in [-0.25, -0.2) is 0 Å². The van der Waals surface area contributed by atoms with E-state index in [0.29, 0.717) is 18.6 Å². The third-order valence-corrected chi connectivity index (χ3v) is 6.56. The molecule has 1 aliphatic rings. The Kier molecular flexibility index (Phi) is 6.85. The summed E-state index contributed by atoms with van der Waals surface area (Å²) in [7, 11) is 1.68. The lowest BCUT2D eigenvalue weighted by molar-refractivity contribution is 0.134. The van der Waals surface area contributed by atoms with Gasteiger partial charge < -0.3 is 18.9 Å². The van der Waals surface area contributed by atoms with Crippen LogP contribution in [0.2, 0.25) is 0 Å². The number of nitrogens with zero attached hydrogens (tertiary/aromatic N) is 2. The standard InChI is InChI=1S/C27H34N2O3/c1-18(2)21-8-10-24(26(17-21)30-5)31-14-6-12-29-13-11-22(16-20(29)4)27-23-9-7-19(3)15-25(23)32-28-27/h7-10,15,17,20,22H,1,6,11-14,16H2,2-5H3. The molecule has 4 rings (SSSR count). The van der Waals surface area contributed by atoms with Crippen LogP contribution in [0.3, 0.4) is 0 Å². The second kappa shape index (κ2) is 9.78. The zero-order valence-electron chi connectivity index (χ0n) is 19.7. The van der Waals surface area contributed by atoms with Crippen molar-refractivity contribution in [3.05, 3.63) is 59.8 Å². The SMILES string of the molecule is C=C(C)c1ccc(OCCCN2CCC(c3noc4cc(C)ccc34)CC2C)c(OC)c1. The summed E-state index contributed by atoms with van der Waals surface area (Å²) in [6.07, 6.45) is 3.19. The van der Waals surface area contributed by atoms with Gasteiger partial charge in [0.1, 0.15) is 0 Å². The highest BCUT2D eigenvalue weighted by atomic mass is 16.5. The van der Waals surface area contributed by atoms with Gasteiger partial charge in [-0.05, 0) is 82.0 Å². The van der Waals surface area contributed by atoms with Crippen molar-refractivity contribution < 1.29 is 14.0 Å². The van der Waals surface area contributed by atoms with Gasteiger partial charge in [-0.2, -0.15) is 0 Å². The zero-order chi connectivity index (χ0) is 22.7. The molecule has 5 heteroatoms. The van der Waals surface area contributed by atoms with Gasteiger partial charge in [0.15, 0.2) is 17.1 Å². The van der Waals surface area contributed by atoms with E-state index in [1.54, 1.807) is 7.11 Å². The fourth-order valence-corrected chi connectivity index (χ4v) is 4.66. The molecule has 1 aromatic heterocycles. The molecule has 1 saturated heterocycles. The Morgan fingerprint density at radius 3 is 2.81 bits per heavy atom. The summed E-state index contributed by atoms with van der Waals surface area (Å²) in [4.78, 5) is 2.56. The number of hydrogen-bond donors (Lipinski definition) is 0. The minimum atomic E-state index is 0.456. The molecule has 1 fully saturated rings. The molecule has 3 aromatic rings. The number of fused-ring (bicyclic) bond motifs is 1. The van der Waals surface area contributed by atoms with Crippen molar-refractivity contribution >= 4 is 16.5 Å². The van der Waals surface area contributed by atoms with Gasteiger partial charge in [-0.3, -0.25) is 0 Å². The molecule has 2 aromatic carbocycles. The van der Waals surface area contributed by atoms with Gasteiger partial charge in [0.25, 0.3) is 0 Å². The molecule has 170 valence electrons. The van der Waals surface area contributed by atoms with Gasteiger partial charge in [0.2, 0.25) is 0 Å². The Bertz CT molecular complexity index is 1090. The second-order valence-corrected chi connectivity index (χ2v) is 9.02. The smallest absolute Gasteiger partial charge is 0.167 e. The first-order valence-electron chi connectivity index (χ1n) is 11.5. The molecule has 1 aliphatic heterocycles. The number of likely N-dealkylation sites (tertiary alicyclic amines) is 1. The van der Waals surface area contributed by atoms with E-state index in [9.17, 15) is 0 Å². The zero-order valence-corrected chi connectivity index (χ0v) is 19.7. The lowest BCUT2D eigenvalue weighted by Crippen LogP contribution is -2.41. The summed E-state index contributed by atoms with van der Waals surface area (Å²) in [5, 5.41) is 5.60. The predicted octanol–water partition coefficient (Wildman–Crippen LogP) is 6.21. The molecule has 0 N–H and O–H groups in total. The molecule has 2 unspecified atom stereocenters. The van der Waals surface area contributed by atoms with Crippen LogP contribution in [0.4, 0.5) is 0 Å². The summed E-state index contributed by atoms with van der Waals surface area (Å²) >= 11 is 0. The Hall–Kier alpha value is -2.79. The van der Waals surface area contributed by atoms with E-state index in [2.05, 4.69) is 48.7 Å². The van der Waals surface area contributed by atoms with Crippen LogP contribution in [-0.2, 0) is 0 Å². The molecule has 2 heterocycles. The molecular formula is C27H34N2O3. The number of aromatic nitrogens is 1. The lowest BCUT2D eigenvalue weighted by Gasteiger charge is -2.37. The summed E-state index contributed by atoms with van der Waals surface area (Å²) < 4.78 is 17.1. The average Bonchev–Trinajstić information content (AvgIpc) is 3.20. The largest absolute Gasteiger partial charge is 0.493 e. The van der Waals surface area contributed by atoms with Crippen molar-refractivity contribution in [3.8, 4) is 11.5 Å². The summed E-state index contributed by atoms with van der Waals surface area (Å²) in [5.74, 6) is 2.00. The van der Waals surface area contributed by atoms with Gasteiger partial charge in [-0.15, -0.1) is 0 Å². The third kappa shape index (κ3) is 4.83. The van der Waals surface area contributed by atoms with Gasteiger partial charge in [-0.1, -0.05) is 29.4 Å². The Balaban J connectivity index is 1.28. The molecule has 32 heavy (non-hydrogen) atoms. The van der Waals surface area contributed by atoms with Crippen LogP contribution < -0.4 is 9.47 Å². The predicted molar refractivity (Wildman–Crippen MR) is 130 cm³/mol. The third-order valence-electron chi connectivity index (χ3n) is 6.56. The van der Waals surface area contributed by atoms with Crippen LogP contribution in [0.5, 0.6) is 11.5 Å². The number of hydrogen-bond acceptors (Lipinski definition) is 5. The van der Waals surface area contributed by atoms with Crippen LogP contribution >= 0.6 is 0 Å². The number of allylic oxidation sites excluding steroid dienone is 1. The van der Waals surface area contributed by atoms with Crippen molar-refractivity contribution in [3.63, 3.8) is 0 Å². The van der Waals surface area contributed by atoms with Crippen LogP contribution in [0, 0.1) is 6.92 Å². The fraction of sp³-hybridized carbons (Fsp3) is 0.444. The molecule has 0 amide bonds. The maximum atomic E-state index is 6.02. The van der Waals surface area contributed by atoms with Gasteiger partial charge in [0, 0.05) is 23.9 Å². The number of aryl methyl sites for hydroxylation is 1. The highest BCUT2D eigenvalue weighted by Crippen LogP contribution is 2.35. The first kappa shape index (κ1) is 22.4. The average molecular weight is 435 g/mol. The van der Waals surface area contributed by atoms with Crippen LogP contribution in [0.1, 0.15) is 55.8 Å². The van der Waals surface area contributed by atoms with Crippen molar-refractivity contribution in [2.75, 3.05) is 26.8 Å². The van der Waals surface area contributed by atoms with Crippen LogP contribution in [0.25, 0.3) is 16.5 Å². The van der Waals surface area contributed by atoms with Crippen molar-refractivity contribution in [1.82, 2.24) is 10.1 Å². The number of ether oxygens (including phenoxy) is 2. The normalized spacial score (nSPS) is 19.2. The van der Waals surface area contributed by atoms with E-state index in [1.165, 1.54) is 10.9 Å². The minimum absolute atomic E-state index is 0.456. The van der Waals surface area contributed by atoms with Crippen LogP contribution in [-0.4, -0.2) is 42.9 Å². The summed E-state index contributed by atoms with van der Waals surface area (Å²) in [6, 6.07) is 12.9. The van der Waals surface area contributed by atoms with E-state index in [1.807, 2.05) is 25.1 Å². The van der Waals surface area contributed by atoms with Crippen molar-refractivity contribution in [2.45, 2.75) is 52.0 Å². The number of rotatable bonds is 8. The molecule has 2 atom stereocenters. The lowest BCUT2D eigenvalue weighted by atomic mass is 9.87.